The number of nitriles is 1. The fourth-order valence-corrected chi connectivity index (χ4v) is 5.20. The highest BCUT2D eigenvalue weighted by molar-refractivity contribution is 7.99. The summed E-state index contributed by atoms with van der Waals surface area (Å²) in [6.45, 7) is 2.48. The number of likely N-dealkylation sites (tertiary alicyclic amines) is 1. The first-order valence-corrected chi connectivity index (χ1v) is 9.22. The molecule has 3 heteroatoms. The molecule has 2 atom stereocenters. The first kappa shape index (κ1) is 14.8. The maximum absolute atomic E-state index is 8.97. The molecule has 1 saturated heterocycles. The Balaban J connectivity index is 1.62. The number of nitrogens with zero attached hydrogens (tertiary/aromatic N) is 2. The number of hydrogen-bond acceptors (Lipinski definition) is 3. The third-order valence-corrected chi connectivity index (χ3v) is 6.36. The number of benzene rings is 2. The molecule has 2 nitrogen and oxygen atoms in total. The van der Waals surface area contributed by atoms with Gasteiger partial charge in [-0.1, -0.05) is 24.3 Å². The van der Waals surface area contributed by atoms with E-state index in [1.807, 2.05) is 23.9 Å². The lowest BCUT2D eigenvalue weighted by Crippen LogP contribution is -2.35. The molecule has 2 aromatic carbocycles. The van der Waals surface area contributed by atoms with E-state index in [0.717, 1.165) is 5.56 Å². The van der Waals surface area contributed by atoms with Crippen LogP contribution in [-0.2, 0) is 6.42 Å². The van der Waals surface area contributed by atoms with Gasteiger partial charge in [-0.3, -0.25) is 4.90 Å². The van der Waals surface area contributed by atoms with Crippen LogP contribution in [0.2, 0.25) is 0 Å². The van der Waals surface area contributed by atoms with Crippen molar-refractivity contribution in [2.75, 3.05) is 13.1 Å². The van der Waals surface area contributed by atoms with E-state index >= 15 is 0 Å². The predicted molar refractivity (Wildman–Crippen MR) is 94.5 cm³/mol. The molecule has 1 fully saturated rings. The third-order valence-electron chi connectivity index (χ3n) is 5.00. The summed E-state index contributed by atoms with van der Waals surface area (Å²) in [5.41, 5.74) is 3.74. The van der Waals surface area contributed by atoms with E-state index in [1.54, 1.807) is 0 Å². The van der Waals surface area contributed by atoms with E-state index < -0.39 is 0 Å². The van der Waals surface area contributed by atoms with Crippen LogP contribution in [0.4, 0.5) is 0 Å². The number of hydrogen-bond donors (Lipinski definition) is 0. The summed E-state index contributed by atoms with van der Waals surface area (Å²) >= 11 is 1.96. The minimum atomic E-state index is 0.497. The Labute approximate surface area is 142 Å². The van der Waals surface area contributed by atoms with E-state index in [9.17, 15) is 0 Å². The molecule has 2 aliphatic rings. The van der Waals surface area contributed by atoms with Gasteiger partial charge in [-0.15, -0.1) is 11.8 Å². The molecular formula is C20H20N2S. The van der Waals surface area contributed by atoms with E-state index in [-0.39, 0.29) is 0 Å². The van der Waals surface area contributed by atoms with Crippen molar-refractivity contribution in [2.45, 2.75) is 35.4 Å². The fraction of sp³-hybridized carbons (Fsp3) is 0.350. The Morgan fingerprint density at radius 1 is 1.00 bits per heavy atom. The van der Waals surface area contributed by atoms with Gasteiger partial charge in [0.25, 0.3) is 0 Å². The van der Waals surface area contributed by atoms with Gasteiger partial charge in [0.05, 0.1) is 16.9 Å². The molecule has 4 rings (SSSR count). The largest absolute Gasteiger partial charge is 0.299 e. The quantitative estimate of drug-likeness (QED) is 0.838. The molecule has 1 heterocycles. The average molecular weight is 320 g/mol. The first-order chi connectivity index (χ1) is 11.3. The van der Waals surface area contributed by atoms with Crippen LogP contribution in [0.25, 0.3) is 0 Å². The van der Waals surface area contributed by atoms with Crippen LogP contribution in [-0.4, -0.2) is 24.0 Å². The molecule has 23 heavy (non-hydrogen) atoms. The van der Waals surface area contributed by atoms with Crippen LogP contribution in [0, 0.1) is 11.3 Å². The Morgan fingerprint density at radius 2 is 1.74 bits per heavy atom. The zero-order valence-corrected chi connectivity index (χ0v) is 13.9. The highest BCUT2D eigenvalue weighted by atomic mass is 32.2. The molecule has 0 spiro atoms. The van der Waals surface area contributed by atoms with E-state index in [0.29, 0.717) is 11.3 Å². The highest BCUT2D eigenvalue weighted by Crippen LogP contribution is 2.47. The topological polar surface area (TPSA) is 27.0 Å². The second kappa shape index (κ2) is 6.39. The van der Waals surface area contributed by atoms with Crippen molar-refractivity contribution in [3.63, 3.8) is 0 Å². The van der Waals surface area contributed by atoms with Crippen molar-refractivity contribution in [1.82, 2.24) is 4.90 Å². The lowest BCUT2D eigenvalue weighted by atomic mass is 10.1. The van der Waals surface area contributed by atoms with Gasteiger partial charge in [0.15, 0.2) is 0 Å². The summed E-state index contributed by atoms with van der Waals surface area (Å²) in [5, 5.41) is 9.46. The Kier molecular flexibility index (Phi) is 4.11. The van der Waals surface area contributed by atoms with Crippen molar-refractivity contribution in [3.05, 3.63) is 65.2 Å². The monoisotopic (exact) mass is 320 g/mol. The van der Waals surface area contributed by atoms with Crippen LogP contribution in [0.15, 0.2) is 53.4 Å². The third kappa shape index (κ3) is 2.89. The first-order valence-electron chi connectivity index (χ1n) is 8.34. The zero-order valence-electron chi connectivity index (χ0n) is 13.1. The lowest BCUT2D eigenvalue weighted by molar-refractivity contribution is 0.247. The van der Waals surface area contributed by atoms with Gasteiger partial charge in [0, 0.05) is 10.9 Å². The zero-order chi connectivity index (χ0) is 15.6. The molecule has 0 saturated carbocycles. The standard InChI is InChI=1S/C20H20N2S/c21-14-15-7-9-17(10-8-15)23-20-18-6-2-1-5-16(18)13-19(20)22-11-3-4-12-22/h1-2,5-10,19-20H,3-4,11-13H2. The summed E-state index contributed by atoms with van der Waals surface area (Å²) in [5.74, 6) is 0. The second-order valence-electron chi connectivity index (χ2n) is 6.39. The van der Waals surface area contributed by atoms with Crippen LogP contribution >= 0.6 is 11.8 Å². The number of fused-ring (bicyclic) bond motifs is 1. The van der Waals surface area contributed by atoms with Gasteiger partial charge in [0.2, 0.25) is 0 Å². The molecular weight excluding hydrogens is 300 g/mol. The van der Waals surface area contributed by atoms with Gasteiger partial charge in [0.1, 0.15) is 0 Å². The summed E-state index contributed by atoms with van der Waals surface area (Å²) in [6.07, 6.45) is 3.84. The summed E-state index contributed by atoms with van der Waals surface area (Å²) < 4.78 is 0. The van der Waals surface area contributed by atoms with E-state index in [1.165, 1.54) is 48.4 Å². The second-order valence-corrected chi connectivity index (χ2v) is 7.60. The number of rotatable bonds is 3. The van der Waals surface area contributed by atoms with E-state index in [4.69, 9.17) is 5.26 Å². The molecule has 1 aliphatic heterocycles. The fourth-order valence-electron chi connectivity index (χ4n) is 3.83. The molecule has 2 aromatic rings. The van der Waals surface area contributed by atoms with Crippen LogP contribution < -0.4 is 0 Å². The van der Waals surface area contributed by atoms with Gasteiger partial charge in [-0.25, -0.2) is 0 Å². The Bertz CT molecular complexity index is 726. The van der Waals surface area contributed by atoms with Gasteiger partial charge < -0.3 is 0 Å². The van der Waals surface area contributed by atoms with Crippen molar-refractivity contribution in [2.24, 2.45) is 0 Å². The van der Waals surface area contributed by atoms with Gasteiger partial charge in [-0.2, -0.15) is 5.26 Å². The number of thioether (sulfide) groups is 1. The summed E-state index contributed by atoms with van der Waals surface area (Å²) in [6, 6.07) is 19.7. The predicted octanol–water partition coefficient (Wildman–Crippen LogP) is 4.41. The van der Waals surface area contributed by atoms with E-state index in [2.05, 4.69) is 47.4 Å². The summed E-state index contributed by atoms with van der Waals surface area (Å²) in [4.78, 5) is 3.94. The Hall–Kier alpha value is -1.76. The Morgan fingerprint density at radius 3 is 2.48 bits per heavy atom. The van der Waals surface area contributed by atoms with Gasteiger partial charge >= 0.3 is 0 Å². The van der Waals surface area contributed by atoms with Crippen LogP contribution in [0.3, 0.4) is 0 Å². The molecule has 0 N–H and O–H groups in total. The SMILES string of the molecule is N#Cc1ccc(SC2c3ccccc3CC2N2CCCC2)cc1. The normalized spacial score (nSPS) is 23.6. The molecule has 2 unspecified atom stereocenters. The van der Waals surface area contributed by atoms with Crippen molar-refractivity contribution in [1.29, 1.82) is 5.26 Å². The molecule has 0 aromatic heterocycles. The van der Waals surface area contributed by atoms with Crippen molar-refractivity contribution in [3.8, 4) is 6.07 Å². The van der Waals surface area contributed by atoms with Crippen molar-refractivity contribution < 1.29 is 0 Å². The minimum Gasteiger partial charge on any atom is -0.299 e. The van der Waals surface area contributed by atoms with Crippen LogP contribution in [0.5, 0.6) is 0 Å². The van der Waals surface area contributed by atoms with Gasteiger partial charge in [-0.05, 0) is 67.7 Å². The maximum atomic E-state index is 8.97. The average Bonchev–Trinajstić information content (AvgIpc) is 3.24. The maximum Gasteiger partial charge on any atom is 0.0991 e. The molecule has 0 bridgehead atoms. The minimum absolute atomic E-state index is 0.497. The van der Waals surface area contributed by atoms with Crippen molar-refractivity contribution >= 4 is 11.8 Å². The molecule has 0 radical (unpaired) electrons. The van der Waals surface area contributed by atoms with Crippen LogP contribution in [0.1, 0.15) is 34.8 Å². The lowest BCUT2D eigenvalue weighted by Gasteiger charge is -2.29. The molecule has 0 amide bonds. The smallest absolute Gasteiger partial charge is 0.0991 e. The molecule has 116 valence electrons. The molecule has 1 aliphatic carbocycles. The summed E-state index contributed by atoms with van der Waals surface area (Å²) in [7, 11) is 0. The highest BCUT2D eigenvalue weighted by Gasteiger charge is 2.37.